The van der Waals surface area contributed by atoms with Crippen LogP contribution in [0, 0.1) is 0 Å². The molecule has 1 saturated carbocycles. The van der Waals surface area contributed by atoms with Crippen LogP contribution in [0.4, 0.5) is 0 Å². The molecule has 1 fully saturated rings. The molecule has 0 saturated heterocycles. The number of aliphatic imine (C=N–C) groups is 1. The summed E-state index contributed by atoms with van der Waals surface area (Å²) in [6.07, 6.45) is 2.45. The summed E-state index contributed by atoms with van der Waals surface area (Å²) >= 11 is 5.10. The number of halogens is 2. The second-order valence-electron chi connectivity index (χ2n) is 3.33. The largest absolute Gasteiger partial charge is 0.370 e. The molecule has 15 heavy (non-hydrogen) atoms. The minimum absolute atomic E-state index is 0. The summed E-state index contributed by atoms with van der Waals surface area (Å²) < 4.78 is 1.14. The number of guanidine groups is 1. The van der Waals surface area contributed by atoms with Gasteiger partial charge in [0, 0.05) is 10.9 Å². The molecule has 0 radical (unpaired) electrons. The topological polar surface area (TPSA) is 50.4 Å². The van der Waals surface area contributed by atoms with Crippen molar-refractivity contribution in [3.8, 4) is 0 Å². The highest BCUT2D eigenvalue weighted by Crippen LogP contribution is 2.22. The summed E-state index contributed by atoms with van der Waals surface area (Å²) in [5, 5.41) is 3.15. The molecule has 1 aliphatic carbocycles. The molecular formula is C9H13BrIN3S. The van der Waals surface area contributed by atoms with E-state index in [1.807, 2.05) is 6.07 Å². The minimum atomic E-state index is 0. The number of nitrogens with one attached hydrogen (secondary N) is 1. The smallest absolute Gasteiger partial charge is 0.189 e. The maximum atomic E-state index is 5.70. The van der Waals surface area contributed by atoms with Crippen molar-refractivity contribution in [2.45, 2.75) is 25.4 Å². The third-order valence-corrected chi connectivity index (χ3v) is 3.57. The molecule has 2 rings (SSSR count). The van der Waals surface area contributed by atoms with Gasteiger partial charge in [-0.3, -0.25) is 0 Å². The fraction of sp³-hybridized carbons (Fsp3) is 0.444. The van der Waals surface area contributed by atoms with Gasteiger partial charge in [-0.1, -0.05) is 0 Å². The van der Waals surface area contributed by atoms with Crippen molar-refractivity contribution in [1.29, 1.82) is 0 Å². The molecule has 84 valence electrons. The molecule has 1 aromatic rings. The third kappa shape index (κ3) is 4.69. The maximum Gasteiger partial charge on any atom is 0.189 e. The van der Waals surface area contributed by atoms with Crippen LogP contribution < -0.4 is 11.1 Å². The second-order valence-corrected chi connectivity index (χ2v) is 5.87. The van der Waals surface area contributed by atoms with Crippen LogP contribution >= 0.6 is 51.2 Å². The Morgan fingerprint density at radius 2 is 2.33 bits per heavy atom. The SMILES string of the molecule is I.NC(=NCc1ccc(Br)s1)NC1CC1. The van der Waals surface area contributed by atoms with Gasteiger partial charge in [-0.25, -0.2) is 4.99 Å². The first kappa shape index (κ1) is 13.2. The fourth-order valence-corrected chi connectivity index (χ4v) is 2.49. The summed E-state index contributed by atoms with van der Waals surface area (Å²) in [6, 6.07) is 4.66. The molecule has 6 heteroatoms. The first-order valence-electron chi connectivity index (χ1n) is 4.55. The summed E-state index contributed by atoms with van der Waals surface area (Å²) in [6.45, 7) is 0.668. The predicted octanol–water partition coefficient (Wildman–Crippen LogP) is 2.70. The number of rotatable bonds is 3. The van der Waals surface area contributed by atoms with Crippen LogP contribution in [0.25, 0.3) is 0 Å². The van der Waals surface area contributed by atoms with E-state index in [1.54, 1.807) is 11.3 Å². The van der Waals surface area contributed by atoms with E-state index < -0.39 is 0 Å². The Labute approximate surface area is 119 Å². The van der Waals surface area contributed by atoms with Crippen LogP contribution in [0.2, 0.25) is 0 Å². The highest BCUT2D eigenvalue weighted by atomic mass is 127. The molecule has 1 aromatic heterocycles. The van der Waals surface area contributed by atoms with Gasteiger partial charge < -0.3 is 11.1 Å². The maximum absolute atomic E-state index is 5.70. The van der Waals surface area contributed by atoms with Gasteiger partial charge in [0.25, 0.3) is 0 Å². The highest BCUT2D eigenvalue weighted by molar-refractivity contribution is 14.0. The Balaban J connectivity index is 0.00000112. The summed E-state index contributed by atoms with van der Waals surface area (Å²) in [4.78, 5) is 5.48. The van der Waals surface area contributed by atoms with E-state index in [0.717, 1.165) is 3.79 Å². The first-order valence-corrected chi connectivity index (χ1v) is 6.15. The van der Waals surface area contributed by atoms with Crippen LogP contribution in [0.1, 0.15) is 17.7 Å². The van der Waals surface area contributed by atoms with Crippen LogP contribution in [0.15, 0.2) is 20.9 Å². The van der Waals surface area contributed by atoms with Crippen molar-refractivity contribution in [2.24, 2.45) is 10.7 Å². The minimum Gasteiger partial charge on any atom is -0.370 e. The number of nitrogens with zero attached hydrogens (tertiary/aromatic N) is 1. The Bertz CT molecular complexity index is 349. The highest BCUT2D eigenvalue weighted by Gasteiger charge is 2.21. The van der Waals surface area contributed by atoms with E-state index >= 15 is 0 Å². The molecule has 0 spiro atoms. The molecule has 3 N–H and O–H groups in total. The normalized spacial score (nSPS) is 15.9. The van der Waals surface area contributed by atoms with Crippen molar-refractivity contribution in [2.75, 3.05) is 0 Å². The molecule has 0 amide bonds. The number of nitrogens with two attached hydrogens (primary N) is 1. The Morgan fingerprint density at radius 1 is 1.60 bits per heavy atom. The summed E-state index contributed by atoms with van der Waals surface area (Å²) in [5.74, 6) is 0.567. The summed E-state index contributed by atoms with van der Waals surface area (Å²) in [5.41, 5.74) is 5.70. The van der Waals surface area contributed by atoms with E-state index in [-0.39, 0.29) is 24.0 Å². The van der Waals surface area contributed by atoms with Gasteiger partial charge in [-0.05, 0) is 40.9 Å². The molecule has 0 bridgehead atoms. The predicted molar refractivity (Wildman–Crippen MR) is 78.9 cm³/mol. The number of hydrogen-bond donors (Lipinski definition) is 2. The van der Waals surface area contributed by atoms with Gasteiger partial charge in [0.15, 0.2) is 5.96 Å². The second kappa shape index (κ2) is 6.05. The van der Waals surface area contributed by atoms with Gasteiger partial charge in [0.2, 0.25) is 0 Å². The fourth-order valence-electron chi connectivity index (χ4n) is 1.08. The van der Waals surface area contributed by atoms with Crippen molar-refractivity contribution < 1.29 is 0 Å². The molecule has 3 nitrogen and oxygen atoms in total. The molecule has 1 heterocycles. The van der Waals surface area contributed by atoms with Gasteiger partial charge in [-0.15, -0.1) is 35.3 Å². The monoisotopic (exact) mass is 401 g/mol. The number of thiophene rings is 1. The lowest BCUT2D eigenvalue weighted by Gasteiger charge is -2.01. The van der Waals surface area contributed by atoms with Crippen molar-refractivity contribution >= 4 is 57.2 Å². The zero-order valence-corrected chi connectivity index (χ0v) is 12.8. The lowest BCUT2D eigenvalue weighted by Crippen LogP contribution is -2.33. The zero-order valence-electron chi connectivity index (χ0n) is 8.07. The van der Waals surface area contributed by atoms with E-state index in [2.05, 4.69) is 32.3 Å². The number of hydrogen-bond acceptors (Lipinski definition) is 2. The Morgan fingerprint density at radius 3 is 2.87 bits per heavy atom. The molecule has 0 aliphatic heterocycles. The van der Waals surface area contributed by atoms with Crippen molar-refractivity contribution in [1.82, 2.24) is 5.32 Å². The van der Waals surface area contributed by atoms with E-state index in [0.29, 0.717) is 18.5 Å². The van der Waals surface area contributed by atoms with Gasteiger partial charge in [0.1, 0.15) is 0 Å². The van der Waals surface area contributed by atoms with Crippen LogP contribution in [-0.4, -0.2) is 12.0 Å². The summed E-state index contributed by atoms with van der Waals surface area (Å²) in [7, 11) is 0. The Kier molecular flexibility index (Phi) is 5.34. The average Bonchev–Trinajstić information content (AvgIpc) is 2.85. The van der Waals surface area contributed by atoms with E-state index in [4.69, 9.17) is 5.73 Å². The lowest BCUT2D eigenvalue weighted by atomic mass is 10.5. The molecular weight excluding hydrogens is 389 g/mol. The quantitative estimate of drug-likeness (QED) is 0.464. The zero-order chi connectivity index (χ0) is 9.97. The van der Waals surface area contributed by atoms with Gasteiger partial charge in [-0.2, -0.15) is 0 Å². The third-order valence-electron chi connectivity index (χ3n) is 1.96. The van der Waals surface area contributed by atoms with Crippen LogP contribution in [0.3, 0.4) is 0 Å². The van der Waals surface area contributed by atoms with Crippen molar-refractivity contribution in [3.63, 3.8) is 0 Å². The standard InChI is InChI=1S/C9H12BrN3S.HI/c10-8-4-3-7(14-8)5-12-9(11)13-6-1-2-6;/h3-4,6H,1-2,5H2,(H3,11,12,13);1H. The molecule has 0 aromatic carbocycles. The molecule has 0 unspecified atom stereocenters. The van der Waals surface area contributed by atoms with E-state index in [1.165, 1.54) is 17.7 Å². The van der Waals surface area contributed by atoms with Crippen LogP contribution in [-0.2, 0) is 6.54 Å². The van der Waals surface area contributed by atoms with Gasteiger partial charge in [0.05, 0.1) is 10.3 Å². The van der Waals surface area contributed by atoms with Crippen LogP contribution in [0.5, 0.6) is 0 Å². The van der Waals surface area contributed by atoms with Crippen molar-refractivity contribution in [3.05, 3.63) is 20.8 Å². The van der Waals surface area contributed by atoms with E-state index in [9.17, 15) is 0 Å². The average molecular weight is 402 g/mol. The van der Waals surface area contributed by atoms with Gasteiger partial charge >= 0.3 is 0 Å². The lowest BCUT2D eigenvalue weighted by molar-refractivity contribution is 0.881. The molecule has 0 atom stereocenters. The first-order chi connectivity index (χ1) is 6.74. The molecule has 1 aliphatic rings. The Hall–Kier alpha value is 0.180.